The van der Waals surface area contributed by atoms with Gasteiger partial charge in [0.25, 0.3) is 5.91 Å². The summed E-state index contributed by atoms with van der Waals surface area (Å²) in [5, 5.41) is 7.11. The minimum absolute atomic E-state index is 0.155. The van der Waals surface area contributed by atoms with Gasteiger partial charge in [0.2, 0.25) is 0 Å². The third-order valence-corrected chi connectivity index (χ3v) is 7.25. The fraction of sp³-hybridized carbons (Fsp3) is 0.560. The molecular weight excluding hydrogens is 461 g/mol. The average Bonchev–Trinajstić information content (AvgIpc) is 3.50. The topological polar surface area (TPSA) is 78.5 Å². The smallest absolute Gasteiger partial charge is 0.416 e. The number of ether oxygens (including phenoxy) is 1. The van der Waals surface area contributed by atoms with Gasteiger partial charge in [-0.15, -0.1) is 0 Å². The van der Waals surface area contributed by atoms with Crippen LogP contribution in [0.25, 0.3) is 0 Å². The number of carbonyl (C=O) groups excluding carboxylic acids is 2. The Morgan fingerprint density at radius 1 is 1.03 bits per heavy atom. The van der Waals surface area contributed by atoms with Gasteiger partial charge in [0, 0.05) is 18.7 Å². The van der Waals surface area contributed by atoms with Crippen molar-refractivity contribution in [2.24, 2.45) is 11.8 Å². The Labute approximate surface area is 201 Å². The summed E-state index contributed by atoms with van der Waals surface area (Å²) in [6.07, 6.45) is -3.55. The zero-order chi connectivity index (χ0) is 25.1. The lowest BCUT2D eigenvalue weighted by atomic mass is 9.91. The molecule has 10 heteroatoms. The number of likely N-dealkylation sites (tertiary alicyclic amines) is 1. The molecule has 0 spiro atoms. The molecule has 0 radical (unpaired) electrons. The molecule has 2 fully saturated rings. The molecule has 1 aromatic heterocycles. The molecule has 7 nitrogen and oxygen atoms in total. The number of hydrogen-bond donors (Lipinski definition) is 1. The van der Waals surface area contributed by atoms with Crippen LogP contribution >= 0.6 is 0 Å². The SMILES string of the molecule is CC(C)(C)OC(=O)N1Cc2[nH]nc(C(=O)N3CC4CC(c5ccccc5C(F)(F)F)CC4C3)c2C1. The molecule has 188 valence electrons. The minimum atomic E-state index is -4.37. The first-order chi connectivity index (χ1) is 16.4. The number of hydrogen-bond acceptors (Lipinski definition) is 4. The Balaban J connectivity index is 1.24. The monoisotopic (exact) mass is 490 g/mol. The normalized spacial score (nSPS) is 24.0. The van der Waals surface area contributed by atoms with Gasteiger partial charge in [-0.1, -0.05) is 18.2 Å². The van der Waals surface area contributed by atoms with Crippen molar-refractivity contribution in [1.82, 2.24) is 20.0 Å². The molecule has 3 aliphatic rings. The van der Waals surface area contributed by atoms with Crippen molar-refractivity contribution in [3.05, 3.63) is 52.3 Å². The summed E-state index contributed by atoms with van der Waals surface area (Å²) < 4.78 is 45.9. The maximum absolute atomic E-state index is 13.5. The fourth-order valence-electron chi connectivity index (χ4n) is 5.75. The molecule has 2 aromatic rings. The summed E-state index contributed by atoms with van der Waals surface area (Å²) >= 11 is 0. The van der Waals surface area contributed by atoms with Crippen molar-refractivity contribution in [3.8, 4) is 0 Å². The number of halogens is 3. The summed E-state index contributed by atoms with van der Waals surface area (Å²) in [6, 6.07) is 5.82. The molecular formula is C25H29F3N4O3. The van der Waals surface area contributed by atoms with Gasteiger partial charge >= 0.3 is 12.3 Å². The van der Waals surface area contributed by atoms with Crippen molar-refractivity contribution in [2.45, 2.75) is 64.4 Å². The zero-order valence-electron chi connectivity index (χ0n) is 20.0. The Kier molecular flexibility index (Phi) is 5.60. The second-order valence-corrected chi connectivity index (χ2v) is 10.8. The number of amides is 2. The van der Waals surface area contributed by atoms with Crippen molar-refractivity contribution in [1.29, 1.82) is 0 Å². The van der Waals surface area contributed by atoms with E-state index in [0.29, 0.717) is 49.3 Å². The highest BCUT2D eigenvalue weighted by Crippen LogP contribution is 2.49. The van der Waals surface area contributed by atoms with Gasteiger partial charge in [0.15, 0.2) is 5.69 Å². The van der Waals surface area contributed by atoms with E-state index in [9.17, 15) is 22.8 Å². The molecule has 3 heterocycles. The molecule has 1 N–H and O–H groups in total. The quantitative estimate of drug-likeness (QED) is 0.647. The first kappa shape index (κ1) is 23.7. The third-order valence-electron chi connectivity index (χ3n) is 7.25. The second kappa shape index (κ2) is 8.27. The average molecular weight is 491 g/mol. The van der Waals surface area contributed by atoms with Crippen LogP contribution in [0.4, 0.5) is 18.0 Å². The summed E-state index contributed by atoms with van der Waals surface area (Å²) in [7, 11) is 0. The molecule has 1 aromatic carbocycles. The highest BCUT2D eigenvalue weighted by atomic mass is 19.4. The van der Waals surface area contributed by atoms with Crippen molar-refractivity contribution in [2.75, 3.05) is 13.1 Å². The Bertz CT molecular complexity index is 1140. The van der Waals surface area contributed by atoms with Crippen LogP contribution in [-0.4, -0.2) is 50.7 Å². The summed E-state index contributed by atoms with van der Waals surface area (Å²) in [6.45, 7) is 6.96. The van der Waals surface area contributed by atoms with Crippen LogP contribution in [0.3, 0.4) is 0 Å². The second-order valence-electron chi connectivity index (χ2n) is 10.8. The van der Waals surface area contributed by atoms with Gasteiger partial charge in [-0.3, -0.25) is 14.8 Å². The minimum Gasteiger partial charge on any atom is -0.444 e. The number of nitrogens with one attached hydrogen (secondary N) is 1. The van der Waals surface area contributed by atoms with Crippen LogP contribution in [-0.2, 0) is 24.0 Å². The van der Waals surface area contributed by atoms with Gasteiger partial charge in [-0.2, -0.15) is 18.3 Å². The van der Waals surface area contributed by atoms with Crippen LogP contribution in [0.2, 0.25) is 0 Å². The highest BCUT2D eigenvalue weighted by molar-refractivity contribution is 5.94. The van der Waals surface area contributed by atoms with Gasteiger partial charge in [0.1, 0.15) is 5.60 Å². The van der Waals surface area contributed by atoms with E-state index in [-0.39, 0.29) is 30.2 Å². The highest BCUT2D eigenvalue weighted by Gasteiger charge is 2.46. The molecule has 2 aliphatic heterocycles. The number of nitrogens with zero attached hydrogens (tertiary/aromatic N) is 3. The van der Waals surface area contributed by atoms with Crippen LogP contribution in [0, 0.1) is 11.8 Å². The van der Waals surface area contributed by atoms with E-state index in [1.165, 1.54) is 11.0 Å². The van der Waals surface area contributed by atoms with E-state index < -0.39 is 23.4 Å². The summed E-state index contributed by atoms with van der Waals surface area (Å²) in [5.74, 6) is -0.0294. The molecule has 2 amide bonds. The molecule has 5 rings (SSSR count). The largest absolute Gasteiger partial charge is 0.444 e. The predicted molar refractivity (Wildman–Crippen MR) is 120 cm³/mol. The lowest BCUT2D eigenvalue weighted by Gasteiger charge is -2.24. The Morgan fingerprint density at radius 2 is 1.69 bits per heavy atom. The summed E-state index contributed by atoms with van der Waals surface area (Å²) in [5.41, 5.74) is 0.928. The van der Waals surface area contributed by atoms with Crippen molar-refractivity contribution in [3.63, 3.8) is 0 Å². The zero-order valence-corrected chi connectivity index (χ0v) is 20.0. The lowest BCUT2D eigenvalue weighted by Crippen LogP contribution is -2.34. The number of fused-ring (bicyclic) bond motifs is 2. The molecule has 2 unspecified atom stereocenters. The number of aromatic nitrogens is 2. The van der Waals surface area contributed by atoms with E-state index in [1.807, 2.05) is 0 Å². The molecule has 0 bridgehead atoms. The number of alkyl halides is 3. The first-order valence-electron chi connectivity index (χ1n) is 11.9. The predicted octanol–water partition coefficient (Wildman–Crippen LogP) is 4.95. The van der Waals surface area contributed by atoms with E-state index >= 15 is 0 Å². The van der Waals surface area contributed by atoms with Gasteiger partial charge < -0.3 is 9.64 Å². The van der Waals surface area contributed by atoms with E-state index in [1.54, 1.807) is 37.8 Å². The third kappa shape index (κ3) is 4.50. The Morgan fingerprint density at radius 3 is 2.31 bits per heavy atom. The Hall–Kier alpha value is -3.04. The number of carbonyl (C=O) groups is 2. The van der Waals surface area contributed by atoms with Crippen LogP contribution in [0.5, 0.6) is 0 Å². The molecule has 2 atom stereocenters. The maximum atomic E-state index is 13.5. The first-order valence-corrected chi connectivity index (χ1v) is 11.9. The molecule has 1 saturated carbocycles. The van der Waals surface area contributed by atoms with Gasteiger partial charge in [-0.25, -0.2) is 4.79 Å². The molecule has 35 heavy (non-hydrogen) atoms. The van der Waals surface area contributed by atoms with Gasteiger partial charge in [-0.05, 0) is 63.0 Å². The van der Waals surface area contributed by atoms with E-state index in [2.05, 4.69) is 10.2 Å². The fourth-order valence-corrected chi connectivity index (χ4v) is 5.75. The molecule has 1 aliphatic carbocycles. The number of aromatic amines is 1. The number of rotatable bonds is 2. The standard InChI is InChI=1S/C25H29F3N4O3/c1-24(2,3)35-23(34)32-12-18-20(13-32)29-30-21(18)22(33)31-10-15-8-14(9-16(15)11-31)17-6-4-5-7-19(17)25(26,27)28/h4-7,14-16H,8-13H2,1-3H3,(H,29,30). The number of H-pyrrole nitrogens is 1. The molecule has 1 saturated heterocycles. The van der Waals surface area contributed by atoms with Crippen molar-refractivity contribution >= 4 is 12.0 Å². The number of benzene rings is 1. The lowest BCUT2D eigenvalue weighted by molar-refractivity contribution is -0.138. The maximum Gasteiger partial charge on any atom is 0.416 e. The van der Waals surface area contributed by atoms with Crippen LogP contribution in [0.15, 0.2) is 24.3 Å². The van der Waals surface area contributed by atoms with Gasteiger partial charge in [0.05, 0.1) is 24.3 Å². The van der Waals surface area contributed by atoms with Crippen molar-refractivity contribution < 1.29 is 27.5 Å². The van der Waals surface area contributed by atoms with Crippen LogP contribution < -0.4 is 0 Å². The summed E-state index contributed by atoms with van der Waals surface area (Å²) in [4.78, 5) is 29.0. The van der Waals surface area contributed by atoms with Crippen LogP contribution in [0.1, 0.15) is 72.4 Å². The van der Waals surface area contributed by atoms with E-state index in [0.717, 1.165) is 11.8 Å². The van der Waals surface area contributed by atoms with E-state index in [4.69, 9.17) is 4.74 Å².